The van der Waals surface area contributed by atoms with Crippen LogP contribution in [-0.2, 0) is 18.4 Å². The quantitative estimate of drug-likeness (QED) is 0.503. The maximum atomic E-state index is 11.5. The highest BCUT2D eigenvalue weighted by Crippen LogP contribution is 2.30. The average molecular weight is 398 g/mol. The second-order valence-corrected chi connectivity index (χ2v) is 6.64. The van der Waals surface area contributed by atoms with E-state index in [0.717, 1.165) is 16.7 Å². The van der Waals surface area contributed by atoms with Crippen molar-refractivity contribution in [2.45, 2.75) is 6.61 Å². The maximum Gasteiger partial charge on any atom is 0.247 e. The fourth-order valence-corrected chi connectivity index (χ4v) is 3.10. The molecule has 0 bridgehead atoms. The smallest absolute Gasteiger partial charge is 0.247 e. The number of carbonyl (C=O) groups is 1. The van der Waals surface area contributed by atoms with Crippen molar-refractivity contribution in [3.8, 4) is 22.9 Å². The number of aromatic nitrogens is 4. The number of nitrogens with zero attached hydrogens (tertiary/aromatic N) is 5. The van der Waals surface area contributed by atoms with Crippen molar-refractivity contribution in [2.75, 3.05) is 5.32 Å². The minimum absolute atomic E-state index is 0.250. The molecule has 0 saturated carbocycles. The van der Waals surface area contributed by atoms with Crippen molar-refractivity contribution in [1.82, 2.24) is 19.4 Å². The molecule has 0 atom stereocenters. The summed E-state index contributed by atoms with van der Waals surface area (Å²) >= 11 is 0. The number of hydrogen-bond donors (Lipinski definition) is 1. The minimum Gasteiger partial charge on any atom is -0.487 e. The van der Waals surface area contributed by atoms with E-state index >= 15 is 0 Å². The third kappa shape index (κ3) is 3.77. The molecule has 0 unspecified atom stereocenters. The highest BCUT2D eigenvalue weighted by Gasteiger charge is 2.14. The fraction of sp³-hybridized carbons (Fsp3) is 0.0909. The van der Waals surface area contributed by atoms with Crippen molar-refractivity contribution in [2.24, 2.45) is 7.05 Å². The summed E-state index contributed by atoms with van der Waals surface area (Å²) in [6, 6.07) is 11.4. The number of fused-ring (bicyclic) bond motifs is 1. The first-order valence-corrected chi connectivity index (χ1v) is 9.13. The Hall–Kier alpha value is -4.38. The van der Waals surface area contributed by atoms with Crippen LogP contribution in [0.1, 0.15) is 11.1 Å². The van der Waals surface area contributed by atoms with Gasteiger partial charge in [0.1, 0.15) is 29.5 Å². The molecule has 30 heavy (non-hydrogen) atoms. The number of nitriles is 1. The van der Waals surface area contributed by atoms with Gasteiger partial charge in [0.2, 0.25) is 5.91 Å². The molecule has 3 aromatic heterocycles. The number of pyridine rings is 1. The van der Waals surface area contributed by atoms with Crippen LogP contribution in [0.2, 0.25) is 0 Å². The molecule has 8 nitrogen and oxygen atoms in total. The van der Waals surface area contributed by atoms with Gasteiger partial charge in [-0.3, -0.25) is 9.48 Å². The van der Waals surface area contributed by atoms with Crippen molar-refractivity contribution < 1.29 is 9.53 Å². The van der Waals surface area contributed by atoms with E-state index in [1.165, 1.54) is 12.3 Å². The van der Waals surface area contributed by atoms with Crippen LogP contribution in [0.3, 0.4) is 0 Å². The Morgan fingerprint density at radius 3 is 2.87 bits per heavy atom. The number of anilines is 1. The van der Waals surface area contributed by atoms with E-state index in [0.29, 0.717) is 22.5 Å². The zero-order valence-corrected chi connectivity index (χ0v) is 16.2. The standard InChI is InChI=1S/C22H18N6O2/c1-3-21(29)26-19-6-4-5-15(7-19)14-30-20-8-16(18-11-24-27(2)12-18)13-28-22(20)17(9-23)10-25-28/h3-8,10-13H,1,14H2,2H3,(H,26,29). The van der Waals surface area contributed by atoms with Gasteiger partial charge in [-0.25, -0.2) is 4.52 Å². The van der Waals surface area contributed by atoms with Gasteiger partial charge in [-0.2, -0.15) is 15.5 Å². The number of benzene rings is 1. The SMILES string of the molecule is C=CC(=O)Nc1cccc(COc2cc(-c3cnn(C)c3)cn3ncc(C#N)c23)c1. The van der Waals surface area contributed by atoms with Crippen LogP contribution < -0.4 is 10.1 Å². The van der Waals surface area contributed by atoms with Crippen LogP contribution in [0.25, 0.3) is 16.6 Å². The third-order valence-corrected chi connectivity index (χ3v) is 4.51. The van der Waals surface area contributed by atoms with E-state index in [2.05, 4.69) is 28.2 Å². The van der Waals surface area contributed by atoms with Crippen molar-refractivity contribution in [1.29, 1.82) is 5.26 Å². The largest absolute Gasteiger partial charge is 0.487 e. The highest BCUT2D eigenvalue weighted by atomic mass is 16.5. The number of ether oxygens (including phenoxy) is 1. The minimum atomic E-state index is -0.281. The molecule has 148 valence electrons. The van der Waals surface area contributed by atoms with Gasteiger partial charge in [-0.05, 0) is 29.8 Å². The zero-order valence-electron chi connectivity index (χ0n) is 16.2. The van der Waals surface area contributed by atoms with Gasteiger partial charge in [0.15, 0.2) is 0 Å². The lowest BCUT2D eigenvalue weighted by Crippen LogP contribution is -2.07. The molecule has 1 amide bonds. The molecule has 0 aliphatic carbocycles. The van der Waals surface area contributed by atoms with E-state index in [4.69, 9.17) is 4.74 Å². The maximum absolute atomic E-state index is 11.5. The first-order valence-electron chi connectivity index (χ1n) is 9.13. The summed E-state index contributed by atoms with van der Waals surface area (Å²) in [5.74, 6) is 0.253. The van der Waals surface area contributed by atoms with E-state index in [9.17, 15) is 10.1 Å². The van der Waals surface area contributed by atoms with E-state index in [1.54, 1.807) is 21.5 Å². The number of hydrogen-bond acceptors (Lipinski definition) is 5. The highest BCUT2D eigenvalue weighted by molar-refractivity contribution is 5.98. The summed E-state index contributed by atoms with van der Waals surface area (Å²) in [4.78, 5) is 11.5. The Balaban J connectivity index is 1.67. The van der Waals surface area contributed by atoms with Crippen molar-refractivity contribution in [3.63, 3.8) is 0 Å². The normalized spacial score (nSPS) is 10.5. The molecule has 0 radical (unpaired) electrons. The van der Waals surface area contributed by atoms with Gasteiger partial charge in [-0.15, -0.1) is 0 Å². The number of carbonyl (C=O) groups excluding carboxylic acids is 1. The number of aryl methyl sites for hydroxylation is 1. The summed E-state index contributed by atoms with van der Waals surface area (Å²) in [6.45, 7) is 3.70. The predicted molar refractivity (Wildman–Crippen MR) is 112 cm³/mol. The molecule has 8 heteroatoms. The van der Waals surface area contributed by atoms with E-state index in [1.807, 2.05) is 43.7 Å². The molecule has 0 aliphatic rings. The summed E-state index contributed by atoms with van der Waals surface area (Å²) < 4.78 is 9.44. The van der Waals surface area contributed by atoms with Gasteiger partial charge < -0.3 is 10.1 Å². The summed E-state index contributed by atoms with van der Waals surface area (Å²) in [7, 11) is 1.85. The molecule has 3 heterocycles. The molecule has 0 aliphatic heterocycles. The van der Waals surface area contributed by atoms with Crippen LogP contribution in [0.5, 0.6) is 5.75 Å². The molecule has 1 aromatic carbocycles. The molecule has 1 N–H and O–H groups in total. The summed E-state index contributed by atoms with van der Waals surface area (Å²) in [5, 5.41) is 20.7. The topological polar surface area (TPSA) is 97.2 Å². The number of nitrogens with one attached hydrogen (secondary N) is 1. The first kappa shape index (κ1) is 19.0. The molecule has 4 rings (SSSR count). The van der Waals surface area contributed by atoms with Crippen molar-refractivity contribution in [3.05, 3.63) is 78.9 Å². The summed E-state index contributed by atoms with van der Waals surface area (Å²) in [5.41, 5.74) is 4.31. The Morgan fingerprint density at radius 2 is 2.13 bits per heavy atom. The lowest BCUT2D eigenvalue weighted by molar-refractivity contribution is -0.111. The molecule has 0 saturated heterocycles. The van der Waals surface area contributed by atoms with Crippen LogP contribution in [0, 0.1) is 11.3 Å². The lowest BCUT2D eigenvalue weighted by Gasteiger charge is -2.11. The van der Waals surface area contributed by atoms with Gasteiger partial charge >= 0.3 is 0 Å². The third-order valence-electron chi connectivity index (χ3n) is 4.51. The number of amides is 1. The van der Waals surface area contributed by atoms with Crippen LogP contribution in [0.15, 0.2) is 67.8 Å². The van der Waals surface area contributed by atoms with Crippen LogP contribution in [-0.4, -0.2) is 25.3 Å². The van der Waals surface area contributed by atoms with Gasteiger partial charge in [-0.1, -0.05) is 18.7 Å². The second-order valence-electron chi connectivity index (χ2n) is 6.64. The molecule has 0 fully saturated rings. The monoisotopic (exact) mass is 398 g/mol. The van der Waals surface area contributed by atoms with Crippen LogP contribution in [0.4, 0.5) is 5.69 Å². The lowest BCUT2D eigenvalue weighted by atomic mass is 10.1. The first-order chi connectivity index (χ1) is 14.6. The van der Waals surface area contributed by atoms with E-state index in [-0.39, 0.29) is 12.5 Å². The Bertz CT molecular complexity index is 1290. The fourth-order valence-electron chi connectivity index (χ4n) is 3.10. The predicted octanol–water partition coefficient (Wildman–Crippen LogP) is 3.31. The Kier molecular flexibility index (Phi) is 5.01. The van der Waals surface area contributed by atoms with Gasteiger partial charge in [0, 0.05) is 36.3 Å². The molecule has 0 spiro atoms. The summed E-state index contributed by atoms with van der Waals surface area (Å²) in [6.07, 6.45) is 8.22. The van der Waals surface area contributed by atoms with Crippen molar-refractivity contribution >= 4 is 17.1 Å². The Labute approximate surface area is 172 Å². The van der Waals surface area contributed by atoms with Crippen LogP contribution >= 0.6 is 0 Å². The van der Waals surface area contributed by atoms with Gasteiger partial charge in [0.05, 0.1) is 12.4 Å². The molecular weight excluding hydrogens is 380 g/mol. The average Bonchev–Trinajstić information content (AvgIpc) is 3.38. The zero-order chi connectivity index (χ0) is 21.1. The molecule has 4 aromatic rings. The Morgan fingerprint density at radius 1 is 1.27 bits per heavy atom. The number of rotatable bonds is 6. The second kappa shape index (κ2) is 7.93. The van der Waals surface area contributed by atoms with E-state index < -0.39 is 0 Å². The molecular formula is C22H18N6O2. The van der Waals surface area contributed by atoms with Gasteiger partial charge in [0.25, 0.3) is 0 Å².